The lowest BCUT2D eigenvalue weighted by molar-refractivity contribution is 0.0620. The van der Waals surface area contributed by atoms with Crippen molar-refractivity contribution < 1.29 is 4.79 Å². The van der Waals surface area contributed by atoms with Crippen LogP contribution in [-0.4, -0.2) is 36.9 Å². The van der Waals surface area contributed by atoms with Gasteiger partial charge in [-0.1, -0.05) is 37.0 Å². The average molecular weight is 406 g/mol. The summed E-state index contributed by atoms with van der Waals surface area (Å²) >= 11 is 1.51. The number of nitrogens with zero attached hydrogens (tertiary/aromatic N) is 5. The Labute approximate surface area is 173 Å². The van der Waals surface area contributed by atoms with Crippen LogP contribution < -0.4 is 0 Å². The lowest BCUT2D eigenvalue weighted by Crippen LogP contribution is -2.40. The largest absolute Gasteiger partial charge is 0.330 e. The molecule has 0 spiro atoms. The maximum Gasteiger partial charge on any atom is 0.264 e. The molecule has 0 aliphatic heterocycles. The molecule has 0 atom stereocenters. The monoisotopic (exact) mass is 405 g/mol. The van der Waals surface area contributed by atoms with Gasteiger partial charge in [0.2, 0.25) is 0 Å². The molecular formula is C22H23N5OS. The number of hydrogen-bond donors (Lipinski definition) is 0. The average Bonchev–Trinajstić information content (AvgIpc) is 3.44. The van der Waals surface area contributed by atoms with Crippen molar-refractivity contribution >= 4 is 33.8 Å². The highest BCUT2D eigenvalue weighted by Gasteiger charge is 2.28. The van der Waals surface area contributed by atoms with Gasteiger partial charge in [0.1, 0.15) is 0 Å². The van der Waals surface area contributed by atoms with Crippen molar-refractivity contribution in [1.82, 2.24) is 24.9 Å². The first-order valence-electron chi connectivity index (χ1n) is 10.2. The molecule has 1 fully saturated rings. The molecule has 6 nitrogen and oxygen atoms in total. The Bertz CT molecular complexity index is 1160. The highest BCUT2D eigenvalue weighted by Crippen LogP contribution is 2.28. The molecule has 1 aliphatic carbocycles. The molecule has 0 radical (unpaired) electrons. The highest BCUT2D eigenvalue weighted by atomic mass is 32.1. The van der Waals surface area contributed by atoms with E-state index in [1.54, 1.807) is 4.52 Å². The second kappa shape index (κ2) is 7.55. The number of amides is 1. The predicted octanol–water partition coefficient (Wildman–Crippen LogP) is 4.62. The molecule has 7 heteroatoms. The quantitative estimate of drug-likeness (QED) is 0.497. The normalized spacial score (nSPS) is 15.2. The second-order valence-electron chi connectivity index (χ2n) is 7.85. The molecule has 1 aromatic carbocycles. The van der Waals surface area contributed by atoms with E-state index in [1.165, 1.54) is 36.2 Å². The van der Waals surface area contributed by atoms with Gasteiger partial charge in [0.05, 0.1) is 16.9 Å². The molecule has 1 aliphatic rings. The molecular weight excluding hydrogens is 382 g/mol. The number of aryl methyl sites for hydroxylation is 1. The minimum Gasteiger partial charge on any atom is -0.330 e. The first-order chi connectivity index (χ1) is 14.2. The number of rotatable bonds is 4. The molecule has 0 N–H and O–H groups in total. The fourth-order valence-electron chi connectivity index (χ4n) is 4.39. The topological polar surface area (TPSA) is 63.4 Å². The number of hydrogen-bond acceptors (Lipinski definition) is 5. The number of tetrazole rings is 1. The lowest BCUT2D eigenvalue weighted by Gasteiger charge is -2.34. The van der Waals surface area contributed by atoms with E-state index >= 15 is 0 Å². The molecule has 148 valence electrons. The van der Waals surface area contributed by atoms with Crippen LogP contribution in [0, 0.1) is 6.92 Å². The minimum absolute atomic E-state index is 0.113. The van der Waals surface area contributed by atoms with Crippen molar-refractivity contribution in [3.8, 4) is 0 Å². The van der Waals surface area contributed by atoms with Crippen LogP contribution in [0.1, 0.15) is 52.9 Å². The SMILES string of the molecule is Cc1ccc2c(c1)cc(CN(C(=O)c1cccs1)C1CCCCC1)c1nnnn12. The number of aromatic nitrogens is 4. The van der Waals surface area contributed by atoms with Crippen LogP contribution in [0.4, 0.5) is 0 Å². The zero-order chi connectivity index (χ0) is 19.8. The Morgan fingerprint density at radius 1 is 1.21 bits per heavy atom. The van der Waals surface area contributed by atoms with Gasteiger partial charge in [0, 0.05) is 17.0 Å². The van der Waals surface area contributed by atoms with Crippen molar-refractivity contribution in [1.29, 1.82) is 0 Å². The molecule has 3 aromatic heterocycles. The Kier molecular flexibility index (Phi) is 4.75. The Morgan fingerprint density at radius 3 is 2.86 bits per heavy atom. The summed E-state index contributed by atoms with van der Waals surface area (Å²) < 4.78 is 1.79. The van der Waals surface area contributed by atoms with Crippen molar-refractivity contribution in [3.63, 3.8) is 0 Å². The number of benzene rings is 1. The first kappa shape index (κ1) is 18.2. The van der Waals surface area contributed by atoms with E-state index in [9.17, 15) is 4.79 Å². The van der Waals surface area contributed by atoms with Gasteiger partial charge in [-0.2, -0.15) is 4.52 Å². The van der Waals surface area contributed by atoms with Crippen LogP contribution in [0.15, 0.2) is 41.8 Å². The summed E-state index contributed by atoms with van der Waals surface area (Å²) in [6.07, 6.45) is 5.73. The molecule has 0 saturated heterocycles. The van der Waals surface area contributed by atoms with Crippen molar-refractivity contribution in [2.24, 2.45) is 0 Å². The predicted molar refractivity (Wildman–Crippen MR) is 114 cm³/mol. The van der Waals surface area contributed by atoms with E-state index in [0.717, 1.165) is 39.8 Å². The molecule has 29 heavy (non-hydrogen) atoms. The molecule has 1 saturated carbocycles. The third-order valence-electron chi connectivity index (χ3n) is 5.85. The van der Waals surface area contributed by atoms with Gasteiger partial charge in [0.25, 0.3) is 5.91 Å². The molecule has 0 bridgehead atoms. The summed E-state index contributed by atoms with van der Waals surface area (Å²) in [6, 6.07) is 12.5. The third-order valence-corrected chi connectivity index (χ3v) is 6.70. The van der Waals surface area contributed by atoms with Crippen LogP contribution in [0.5, 0.6) is 0 Å². The van der Waals surface area contributed by atoms with Crippen molar-refractivity contribution in [2.45, 2.75) is 51.6 Å². The van der Waals surface area contributed by atoms with Crippen LogP contribution in [0.3, 0.4) is 0 Å². The first-order valence-corrected chi connectivity index (χ1v) is 11.0. The van der Waals surface area contributed by atoms with Gasteiger partial charge in [-0.15, -0.1) is 16.4 Å². The zero-order valence-corrected chi connectivity index (χ0v) is 17.2. The van der Waals surface area contributed by atoms with E-state index in [4.69, 9.17) is 0 Å². The summed E-state index contributed by atoms with van der Waals surface area (Å²) in [5.41, 5.74) is 3.88. The van der Waals surface area contributed by atoms with Gasteiger partial charge >= 0.3 is 0 Å². The van der Waals surface area contributed by atoms with Gasteiger partial charge in [0.15, 0.2) is 5.65 Å². The Morgan fingerprint density at radius 2 is 2.07 bits per heavy atom. The molecule has 3 heterocycles. The third kappa shape index (κ3) is 3.40. The summed E-state index contributed by atoms with van der Waals surface area (Å²) in [5, 5.41) is 15.4. The summed E-state index contributed by atoms with van der Waals surface area (Å²) in [4.78, 5) is 16.2. The molecule has 0 unspecified atom stereocenters. The van der Waals surface area contributed by atoms with Crippen LogP contribution in [-0.2, 0) is 6.54 Å². The van der Waals surface area contributed by atoms with E-state index in [2.05, 4.69) is 45.5 Å². The maximum atomic E-state index is 13.4. The smallest absolute Gasteiger partial charge is 0.264 e. The van der Waals surface area contributed by atoms with Crippen LogP contribution >= 0.6 is 11.3 Å². The summed E-state index contributed by atoms with van der Waals surface area (Å²) in [6.45, 7) is 2.60. The molecule has 4 aromatic rings. The number of carbonyl (C=O) groups is 1. The number of thiophene rings is 1. The van der Waals surface area contributed by atoms with Gasteiger partial charge in [-0.3, -0.25) is 4.79 Å². The summed E-state index contributed by atoms with van der Waals surface area (Å²) in [5.74, 6) is 0.113. The second-order valence-corrected chi connectivity index (χ2v) is 8.80. The number of pyridine rings is 1. The van der Waals surface area contributed by atoms with Crippen molar-refractivity contribution in [2.75, 3.05) is 0 Å². The van der Waals surface area contributed by atoms with Crippen LogP contribution in [0.2, 0.25) is 0 Å². The van der Waals surface area contributed by atoms with Gasteiger partial charge in [-0.25, -0.2) is 0 Å². The van der Waals surface area contributed by atoms with E-state index < -0.39 is 0 Å². The van der Waals surface area contributed by atoms with Gasteiger partial charge in [-0.05, 0) is 59.8 Å². The van der Waals surface area contributed by atoms with E-state index in [0.29, 0.717) is 6.54 Å². The van der Waals surface area contributed by atoms with Crippen LogP contribution in [0.25, 0.3) is 16.6 Å². The fourth-order valence-corrected chi connectivity index (χ4v) is 5.06. The standard InChI is InChI=1S/C22H23N5OS/c1-15-9-10-19-16(12-15)13-17(21-23-24-25-27(19)21)14-26(18-6-3-2-4-7-18)22(28)20-8-5-11-29-20/h5,8-13,18H,2-4,6-7,14H2,1H3. The zero-order valence-electron chi connectivity index (χ0n) is 16.4. The highest BCUT2D eigenvalue weighted by molar-refractivity contribution is 7.12. The van der Waals surface area contributed by atoms with E-state index in [-0.39, 0.29) is 11.9 Å². The fraction of sp³-hybridized carbons (Fsp3) is 0.364. The number of fused-ring (bicyclic) bond motifs is 3. The van der Waals surface area contributed by atoms with E-state index in [1.807, 2.05) is 23.6 Å². The Balaban J connectivity index is 1.59. The number of carbonyl (C=O) groups excluding carboxylic acids is 1. The lowest BCUT2D eigenvalue weighted by atomic mass is 9.93. The maximum absolute atomic E-state index is 13.4. The molecule has 1 amide bonds. The van der Waals surface area contributed by atoms with Crippen molar-refractivity contribution in [3.05, 3.63) is 57.8 Å². The Hall–Kier alpha value is -2.80. The van der Waals surface area contributed by atoms with Gasteiger partial charge < -0.3 is 4.90 Å². The molecule has 5 rings (SSSR count). The minimum atomic E-state index is 0.113. The summed E-state index contributed by atoms with van der Waals surface area (Å²) in [7, 11) is 0.